The molecule has 1 saturated heterocycles. The number of hydrogen-bond acceptors (Lipinski definition) is 4. The molecule has 1 aliphatic rings. The van der Waals surface area contributed by atoms with Crippen LogP contribution in [0.25, 0.3) is 0 Å². The van der Waals surface area contributed by atoms with Crippen molar-refractivity contribution in [2.45, 2.75) is 46.1 Å². The van der Waals surface area contributed by atoms with Crippen LogP contribution in [0.1, 0.15) is 41.1 Å². The van der Waals surface area contributed by atoms with Gasteiger partial charge in [-0.2, -0.15) is 5.10 Å². The smallest absolute Gasteiger partial charge is 0.220 e. The van der Waals surface area contributed by atoms with Crippen molar-refractivity contribution < 1.29 is 4.79 Å². The summed E-state index contributed by atoms with van der Waals surface area (Å²) in [4.78, 5) is 16.2. The van der Waals surface area contributed by atoms with Gasteiger partial charge in [0.2, 0.25) is 5.91 Å². The summed E-state index contributed by atoms with van der Waals surface area (Å²) in [5, 5.41) is 9.71. The van der Waals surface area contributed by atoms with E-state index < -0.39 is 0 Å². The predicted molar refractivity (Wildman–Crippen MR) is 106 cm³/mol. The van der Waals surface area contributed by atoms with E-state index >= 15 is 0 Å². The number of piperidine rings is 1. The molecule has 0 unspecified atom stereocenters. The number of carbonyl (C=O) groups excluding carboxylic acids is 1. The maximum Gasteiger partial charge on any atom is 0.220 e. The minimum atomic E-state index is 0.161. The van der Waals surface area contributed by atoms with Crippen molar-refractivity contribution in [3.63, 3.8) is 0 Å². The first kappa shape index (κ1) is 19.1. The number of nitrogens with one attached hydrogen (secondary N) is 1. The van der Waals surface area contributed by atoms with E-state index in [1.165, 1.54) is 23.3 Å². The van der Waals surface area contributed by atoms with Gasteiger partial charge in [0.1, 0.15) is 0 Å². The molecule has 0 atom stereocenters. The fourth-order valence-electron chi connectivity index (χ4n) is 3.74. The highest BCUT2D eigenvalue weighted by Gasteiger charge is 2.20. The van der Waals surface area contributed by atoms with Crippen LogP contribution in [0.3, 0.4) is 0 Å². The van der Waals surface area contributed by atoms with Gasteiger partial charge < -0.3 is 5.32 Å². The molecule has 26 heavy (non-hydrogen) atoms. The quantitative estimate of drug-likeness (QED) is 0.810. The summed E-state index contributed by atoms with van der Waals surface area (Å²) >= 11 is 1.83. The molecule has 1 fully saturated rings. The average molecular weight is 375 g/mol. The molecule has 1 N–H and O–H groups in total. The van der Waals surface area contributed by atoms with Crippen LogP contribution in [0.2, 0.25) is 0 Å². The van der Waals surface area contributed by atoms with E-state index in [0.717, 1.165) is 44.0 Å². The zero-order valence-corrected chi connectivity index (χ0v) is 16.9. The fourth-order valence-corrected chi connectivity index (χ4v) is 4.48. The summed E-state index contributed by atoms with van der Waals surface area (Å²) in [7, 11) is 1.96. The number of amides is 1. The van der Waals surface area contributed by atoms with E-state index in [4.69, 9.17) is 0 Å². The SMILES string of the molecule is Cc1nn(C)c(C)c1CCC(=O)NCC1CCN(Cc2cccs2)CC1. The number of likely N-dealkylation sites (tertiary alicyclic amines) is 1. The lowest BCUT2D eigenvalue weighted by molar-refractivity contribution is -0.121. The van der Waals surface area contributed by atoms with E-state index in [0.29, 0.717) is 12.3 Å². The Kier molecular flexibility index (Phi) is 6.48. The highest BCUT2D eigenvalue weighted by molar-refractivity contribution is 7.09. The van der Waals surface area contributed by atoms with Crippen molar-refractivity contribution in [2.75, 3.05) is 19.6 Å². The van der Waals surface area contributed by atoms with Crippen LogP contribution < -0.4 is 5.32 Å². The predicted octanol–water partition coefficient (Wildman–Crippen LogP) is 3.06. The second kappa shape index (κ2) is 8.82. The molecular formula is C20H30N4OS. The van der Waals surface area contributed by atoms with Gasteiger partial charge in [0, 0.05) is 37.1 Å². The third-order valence-electron chi connectivity index (χ3n) is 5.52. The van der Waals surface area contributed by atoms with Gasteiger partial charge in [-0.1, -0.05) is 6.07 Å². The number of aromatic nitrogens is 2. The zero-order chi connectivity index (χ0) is 18.5. The molecule has 0 radical (unpaired) electrons. The number of rotatable bonds is 7. The molecule has 0 bridgehead atoms. The zero-order valence-electron chi connectivity index (χ0n) is 16.1. The van der Waals surface area contributed by atoms with Crippen LogP contribution in [-0.2, 0) is 24.8 Å². The first-order chi connectivity index (χ1) is 12.5. The highest BCUT2D eigenvalue weighted by atomic mass is 32.1. The summed E-state index contributed by atoms with van der Waals surface area (Å²) in [6.45, 7) is 8.23. The summed E-state index contributed by atoms with van der Waals surface area (Å²) in [6.07, 6.45) is 3.67. The Hall–Kier alpha value is -1.66. The Morgan fingerprint density at radius 2 is 2.12 bits per heavy atom. The number of carbonyl (C=O) groups is 1. The minimum absolute atomic E-state index is 0.161. The van der Waals surface area contributed by atoms with Gasteiger partial charge >= 0.3 is 0 Å². The van der Waals surface area contributed by atoms with Gasteiger partial charge in [-0.05, 0) is 69.1 Å². The molecule has 0 spiro atoms. The molecule has 3 rings (SSSR count). The molecule has 142 valence electrons. The summed E-state index contributed by atoms with van der Waals surface area (Å²) < 4.78 is 1.90. The van der Waals surface area contributed by atoms with E-state index in [9.17, 15) is 4.79 Å². The van der Waals surface area contributed by atoms with Crippen LogP contribution in [0.5, 0.6) is 0 Å². The van der Waals surface area contributed by atoms with E-state index in [1.54, 1.807) is 0 Å². The molecule has 3 heterocycles. The van der Waals surface area contributed by atoms with Crippen molar-refractivity contribution in [3.05, 3.63) is 39.3 Å². The van der Waals surface area contributed by atoms with E-state index in [2.05, 4.69) is 39.8 Å². The number of nitrogens with zero attached hydrogens (tertiary/aromatic N) is 3. The molecule has 2 aromatic rings. The lowest BCUT2D eigenvalue weighted by Gasteiger charge is -2.31. The van der Waals surface area contributed by atoms with Crippen molar-refractivity contribution in [2.24, 2.45) is 13.0 Å². The third kappa shape index (κ3) is 4.95. The normalized spacial score (nSPS) is 16.1. The molecule has 5 nitrogen and oxygen atoms in total. The third-order valence-corrected chi connectivity index (χ3v) is 6.38. The Morgan fingerprint density at radius 1 is 1.35 bits per heavy atom. The first-order valence-electron chi connectivity index (χ1n) is 9.53. The Bertz CT molecular complexity index is 715. The number of thiophene rings is 1. The monoisotopic (exact) mass is 374 g/mol. The molecule has 0 saturated carbocycles. The average Bonchev–Trinajstić information content (AvgIpc) is 3.21. The topological polar surface area (TPSA) is 50.2 Å². The largest absolute Gasteiger partial charge is 0.356 e. The van der Waals surface area contributed by atoms with Crippen molar-refractivity contribution in [1.29, 1.82) is 0 Å². The van der Waals surface area contributed by atoms with Crippen molar-refractivity contribution >= 4 is 17.2 Å². The fraction of sp³-hybridized carbons (Fsp3) is 0.600. The molecule has 6 heteroatoms. The van der Waals surface area contributed by atoms with E-state index in [1.807, 2.05) is 30.0 Å². The summed E-state index contributed by atoms with van der Waals surface area (Å²) in [5.74, 6) is 0.772. The van der Waals surface area contributed by atoms with Crippen LogP contribution in [-0.4, -0.2) is 40.2 Å². The standard InChI is InChI=1S/C20H30N4OS/c1-15-19(16(2)23(3)22-15)6-7-20(25)21-13-17-8-10-24(11-9-17)14-18-5-4-12-26-18/h4-5,12,17H,6-11,13-14H2,1-3H3,(H,21,25). The Labute approximate surface area is 160 Å². The van der Waals surface area contributed by atoms with Gasteiger partial charge in [0.15, 0.2) is 0 Å². The van der Waals surface area contributed by atoms with Crippen LogP contribution in [0.15, 0.2) is 17.5 Å². The van der Waals surface area contributed by atoms with E-state index in [-0.39, 0.29) is 5.91 Å². The lowest BCUT2D eigenvalue weighted by Crippen LogP contribution is -2.38. The molecule has 2 aromatic heterocycles. The molecule has 0 aliphatic carbocycles. The second-order valence-electron chi connectivity index (χ2n) is 7.38. The molecule has 0 aromatic carbocycles. The maximum absolute atomic E-state index is 12.2. The van der Waals surface area contributed by atoms with Gasteiger partial charge in [-0.25, -0.2) is 0 Å². The lowest BCUT2D eigenvalue weighted by atomic mass is 9.96. The second-order valence-corrected chi connectivity index (χ2v) is 8.41. The molecular weight excluding hydrogens is 344 g/mol. The first-order valence-corrected chi connectivity index (χ1v) is 10.4. The van der Waals surface area contributed by atoms with Gasteiger partial charge in [0.05, 0.1) is 5.69 Å². The summed E-state index contributed by atoms with van der Waals surface area (Å²) in [6, 6.07) is 4.33. The van der Waals surface area contributed by atoms with Gasteiger partial charge in [-0.15, -0.1) is 11.3 Å². The number of hydrogen-bond donors (Lipinski definition) is 1. The van der Waals surface area contributed by atoms with Crippen LogP contribution >= 0.6 is 11.3 Å². The minimum Gasteiger partial charge on any atom is -0.356 e. The van der Waals surface area contributed by atoms with Crippen LogP contribution in [0, 0.1) is 19.8 Å². The molecule has 1 aliphatic heterocycles. The van der Waals surface area contributed by atoms with Gasteiger partial charge in [0.25, 0.3) is 0 Å². The number of aryl methyl sites for hydroxylation is 2. The Morgan fingerprint density at radius 3 is 2.73 bits per heavy atom. The van der Waals surface area contributed by atoms with Crippen molar-refractivity contribution in [1.82, 2.24) is 20.0 Å². The highest BCUT2D eigenvalue weighted by Crippen LogP contribution is 2.20. The van der Waals surface area contributed by atoms with Gasteiger partial charge in [-0.3, -0.25) is 14.4 Å². The molecule has 1 amide bonds. The maximum atomic E-state index is 12.2. The Balaban J connectivity index is 1.35. The summed E-state index contributed by atoms with van der Waals surface area (Å²) in [5.41, 5.74) is 3.41. The van der Waals surface area contributed by atoms with Crippen LogP contribution in [0.4, 0.5) is 0 Å². The van der Waals surface area contributed by atoms with Crippen molar-refractivity contribution in [3.8, 4) is 0 Å².